The summed E-state index contributed by atoms with van der Waals surface area (Å²) in [5.74, 6) is 1.11. The Kier molecular flexibility index (Phi) is 8.18. The summed E-state index contributed by atoms with van der Waals surface area (Å²) in [6.45, 7) is 3.45. The van der Waals surface area contributed by atoms with Gasteiger partial charge in [-0.25, -0.2) is 4.68 Å². The second-order valence-electron chi connectivity index (χ2n) is 4.79. The molecule has 0 bridgehead atoms. The molecule has 2 N–H and O–H groups in total. The van der Waals surface area contributed by atoms with Gasteiger partial charge in [0.2, 0.25) is 11.8 Å². The highest BCUT2D eigenvalue weighted by Gasteiger charge is 2.25. The minimum atomic E-state index is -0.0127. The van der Waals surface area contributed by atoms with E-state index in [4.69, 9.17) is 14.2 Å². The molecule has 0 aromatic carbocycles. The van der Waals surface area contributed by atoms with Crippen LogP contribution in [0.1, 0.15) is 0 Å². The van der Waals surface area contributed by atoms with E-state index in [0.717, 1.165) is 13.1 Å². The number of hydrogen-bond acceptors (Lipinski definition) is 6. The molecule has 2 heterocycles. The number of halogens is 1. The van der Waals surface area contributed by atoms with Crippen LogP contribution in [0.4, 0.5) is 5.82 Å². The van der Waals surface area contributed by atoms with E-state index in [9.17, 15) is 4.79 Å². The number of nitrogens with one attached hydrogen (secondary N) is 2. The van der Waals surface area contributed by atoms with Crippen molar-refractivity contribution in [2.75, 3.05) is 51.9 Å². The number of hydrogen-bond donors (Lipinski definition) is 2. The van der Waals surface area contributed by atoms with Crippen molar-refractivity contribution in [3.05, 3.63) is 6.07 Å². The molecule has 0 radical (unpaired) electrons. The molecule has 1 saturated heterocycles. The Bertz CT molecular complexity index is 465. The summed E-state index contributed by atoms with van der Waals surface area (Å²) < 4.78 is 17.3. The molecule has 9 heteroatoms. The lowest BCUT2D eigenvalue weighted by molar-refractivity contribution is -0.121. The summed E-state index contributed by atoms with van der Waals surface area (Å²) >= 11 is 0. The van der Waals surface area contributed by atoms with Crippen molar-refractivity contribution < 1.29 is 19.0 Å². The highest BCUT2D eigenvalue weighted by Crippen LogP contribution is 2.17. The molecule has 22 heavy (non-hydrogen) atoms. The van der Waals surface area contributed by atoms with E-state index < -0.39 is 0 Å². The van der Waals surface area contributed by atoms with E-state index in [-0.39, 0.29) is 24.2 Å². The van der Waals surface area contributed by atoms with E-state index in [1.54, 1.807) is 24.9 Å². The zero-order chi connectivity index (χ0) is 15.1. The number of rotatable bonds is 9. The lowest BCUT2D eigenvalue weighted by atomic mass is 10.0. The van der Waals surface area contributed by atoms with Gasteiger partial charge in [0.05, 0.1) is 25.7 Å². The van der Waals surface area contributed by atoms with E-state index in [1.807, 2.05) is 0 Å². The monoisotopic (exact) mass is 334 g/mol. The number of aryl methyl sites for hydroxylation is 1. The molecular formula is C13H23ClN4O4. The second kappa shape index (κ2) is 9.62. The molecule has 1 aromatic rings. The molecular weight excluding hydrogens is 312 g/mol. The summed E-state index contributed by atoms with van der Waals surface area (Å²) in [7, 11) is 3.40. The molecule has 0 saturated carbocycles. The molecule has 126 valence electrons. The predicted molar refractivity (Wildman–Crippen MR) is 83.6 cm³/mol. The number of nitrogens with zero attached hydrogens (tertiary/aromatic N) is 2. The maximum absolute atomic E-state index is 11.8. The largest absolute Gasteiger partial charge is 0.475 e. The number of carbonyl (C=O) groups is 1. The summed E-state index contributed by atoms with van der Waals surface area (Å²) in [6, 6.07) is 1.71. The average Bonchev–Trinajstić information content (AvgIpc) is 2.71. The van der Waals surface area contributed by atoms with E-state index in [1.165, 1.54) is 0 Å². The van der Waals surface area contributed by atoms with Crippen molar-refractivity contribution >= 4 is 24.1 Å². The third kappa shape index (κ3) is 5.45. The first-order chi connectivity index (χ1) is 10.2. The highest BCUT2D eigenvalue weighted by atomic mass is 35.5. The second-order valence-corrected chi connectivity index (χ2v) is 4.79. The van der Waals surface area contributed by atoms with E-state index in [2.05, 4.69) is 15.7 Å². The molecule has 0 atom stereocenters. The Hall–Kier alpha value is -1.35. The fourth-order valence-electron chi connectivity index (χ4n) is 1.80. The maximum Gasteiger partial charge on any atom is 0.231 e. The van der Waals surface area contributed by atoms with Crippen molar-refractivity contribution in [1.82, 2.24) is 15.1 Å². The SMILES string of the molecule is COCCOCCOc1cc(NC(=O)C2CNC2)nn1C.Cl. The minimum absolute atomic E-state index is 0. The van der Waals surface area contributed by atoms with Crippen molar-refractivity contribution in [2.45, 2.75) is 0 Å². The van der Waals surface area contributed by atoms with Crippen LogP contribution < -0.4 is 15.4 Å². The van der Waals surface area contributed by atoms with Crippen LogP contribution in [0.2, 0.25) is 0 Å². The van der Waals surface area contributed by atoms with Crippen molar-refractivity contribution in [3.63, 3.8) is 0 Å². The molecule has 1 aromatic heterocycles. The summed E-state index contributed by atoms with van der Waals surface area (Å²) in [5, 5.41) is 10.0. The molecule has 1 fully saturated rings. The number of ether oxygens (including phenoxy) is 3. The van der Waals surface area contributed by atoms with Gasteiger partial charge in [-0.1, -0.05) is 0 Å². The first-order valence-electron chi connectivity index (χ1n) is 6.96. The Morgan fingerprint density at radius 2 is 2.14 bits per heavy atom. The predicted octanol–water partition coefficient (Wildman–Crippen LogP) is 0.0416. The van der Waals surface area contributed by atoms with Crippen molar-refractivity contribution in [1.29, 1.82) is 0 Å². The summed E-state index contributed by atoms with van der Waals surface area (Å²) in [4.78, 5) is 11.8. The lowest BCUT2D eigenvalue weighted by Gasteiger charge is -2.25. The quantitative estimate of drug-likeness (QED) is 0.620. The van der Waals surface area contributed by atoms with Gasteiger partial charge in [-0.15, -0.1) is 12.4 Å². The Morgan fingerprint density at radius 3 is 2.77 bits per heavy atom. The zero-order valence-corrected chi connectivity index (χ0v) is 13.6. The topological polar surface area (TPSA) is 86.6 Å². The van der Waals surface area contributed by atoms with Crippen LogP contribution in [0.25, 0.3) is 0 Å². The van der Waals surface area contributed by atoms with Gasteiger partial charge in [-0.3, -0.25) is 4.79 Å². The molecule has 1 aliphatic heterocycles. The van der Waals surface area contributed by atoms with E-state index in [0.29, 0.717) is 38.1 Å². The minimum Gasteiger partial charge on any atom is -0.475 e. The Morgan fingerprint density at radius 1 is 1.41 bits per heavy atom. The smallest absolute Gasteiger partial charge is 0.231 e. The normalized spacial score (nSPS) is 14.1. The van der Waals surface area contributed by atoms with Gasteiger partial charge >= 0.3 is 0 Å². The van der Waals surface area contributed by atoms with Gasteiger partial charge in [0.25, 0.3) is 0 Å². The number of amides is 1. The van der Waals surface area contributed by atoms with Crippen LogP contribution in [0, 0.1) is 5.92 Å². The van der Waals surface area contributed by atoms with Crippen LogP contribution >= 0.6 is 12.4 Å². The number of methoxy groups -OCH3 is 1. The van der Waals surface area contributed by atoms with Crippen LogP contribution in [0.3, 0.4) is 0 Å². The number of anilines is 1. The van der Waals surface area contributed by atoms with Gasteiger partial charge in [0.1, 0.15) is 6.61 Å². The van der Waals surface area contributed by atoms with Gasteiger partial charge in [-0.2, -0.15) is 5.10 Å². The summed E-state index contributed by atoms with van der Waals surface area (Å²) in [5.41, 5.74) is 0. The van der Waals surface area contributed by atoms with Crippen LogP contribution in [0.15, 0.2) is 6.07 Å². The van der Waals surface area contributed by atoms with Gasteiger partial charge in [0.15, 0.2) is 5.82 Å². The fraction of sp³-hybridized carbons (Fsp3) is 0.692. The molecule has 0 aliphatic carbocycles. The first kappa shape index (κ1) is 18.7. The number of carbonyl (C=O) groups excluding carboxylic acids is 1. The lowest BCUT2D eigenvalue weighted by Crippen LogP contribution is -2.48. The molecule has 1 amide bonds. The zero-order valence-electron chi connectivity index (χ0n) is 12.8. The van der Waals surface area contributed by atoms with Crippen molar-refractivity contribution in [2.24, 2.45) is 13.0 Å². The van der Waals surface area contributed by atoms with Gasteiger partial charge in [-0.05, 0) is 0 Å². The number of aromatic nitrogens is 2. The molecule has 8 nitrogen and oxygen atoms in total. The standard InChI is InChI=1S/C13H22N4O4.ClH/c1-17-12(21-6-5-20-4-3-19-2)7-11(16-17)15-13(18)10-8-14-9-10;/h7,10,14H,3-6,8-9H2,1-2H3,(H,15,16,18);1H. The molecule has 0 spiro atoms. The van der Waals surface area contributed by atoms with Crippen LogP contribution in [-0.4, -0.2) is 62.3 Å². The maximum atomic E-state index is 11.8. The first-order valence-corrected chi connectivity index (χ1v) is 6.96. The third-order valence-electron chi connectivity index (χ3n) is 3.15. The van der Waals surface area contributed by atoms with E-state index >= 15 is 0 Å². The van der Waals surface area contributed by atoms with Crippen LogP contribution in [-0.2, 0) is 21.3 Å². The highest BCUT2D eigenvalue weighted by molar-refractivity contribution is 5.92. The Balaban J connectivity index is 0.00000242. The van der Waals surface area contributed by atoms with Crippen molar-refractivity contribution in [3.8, 4) is 5.88 Å². The van der Waals surface area contributed by atoms with Gasteiger partial charge < -0.3 is 24.8 Å². The average molecular weight is 335 g/mol. The van der Waals surface area contributed by atoms with Gasteiger partial charge in [0, 0.05) is 33.3 Å². The molecule has 2 rings (SSSR count). The molecule has 1 aliphatic rings. The molecule has 0 unspecified atom stereocenters. The Labute approximate surface area is 135 Å². The third-order valence-corrected chi connectivity index (χ3v) is 3.15. The summed E-state index contributed by atoms with van der Waals surface area (Å²) in [6.07, 6.45) is 0. The fourth-order valence-corrected chi connectivity index (χ4v) is 1.80. The van der Waals surface area contributed by atoms with Crippen LogP contribution in [0.5, 0.6) is 5.88 Å².